The molecule has 106 valence electrons. The van der Waals surface area contributed by atoms with E-state index in [1.165, 1.54) is 11.3 Å². The van der Waals surface area contributed by atoms with E-state index in [9.17, 15) is 0 Å². The Labute approximate surface area is 121 Å². The first kappa shape index (κ1) is 14.4. The number of benzene rings is 2. The molecular formula is C17H22N2O. The fraction of sp³-hybridized carbons (Fsp3) is 0.294. The summed E-state index contributed by atoms with van der Waals surface area (Å²) >= 11 is 0. The van der Waals surface area contributed by atoms with Crippen molar-refractivity contribution >= 4 is 5.69 Å². The van der Waals surface area contributed by atoms with Crippen LogP contribution in [0.25, 0.3) is 0 Å². The van der Waals surface area contributed by atoms with Crippen LogP contribution in [-0.2, 0) is 13.1 Å². The molecule has 0 saturated carbocycles. The van der Waals surface area contributed by atoms with E-state index in [1.54, 1.807) is 7.11 Å². The van der Waals surface area contributed by atoms with Crippen LogP contribution >= 0.6 is 0 Å². The van der Waals surface area contributed by atoms with Gasteiger partial charge in [0.15, 0.2) is 0 Å². The number of para-hydroxylation sites is 1. The summed E-state index contributed by atoms with van der Waals surface area (Å²) in [6, 6.07) is 16.6. The highest BCUT2D eigenvalue weighted by Crippen LogP contribution is 2.23. The van der Waals surface area contributed by atoms with Crippen LogP contribution in [0.5, 0.6) is 5.75 Å². The predicted molar refractivity (Wildman–Crippen MR) is 84.1 cm³/mol. The van der Waals surface area contributed by atoms with E-state index < -0.39 is 0 Å². The second-order valence-corrected chi connectivity index (χ2v) is 4.70. The van der Waals surface area contributed by atoms with Crippen LogP contribution in [0.3, 0.4) is 0 Å². The predicted octanol–water partition coefficient (Wildman–Crippen LogP) is 3.18. The van der Waals surface area contributed by atoms with Crippen molar-refractivity contribution in [1.82, 2.24) is 0 Å². The Morgan fingerprint density at radius 2 is 1.75 bits per heavy atom. The van der Waals surface area contributed by atoms with E-state index in [-0.39, 0.29) is 0 Å². The fourth-order valence-corrected chi connectivity index (χ4v) is 2.27. The van der Waals surface area contributed by atoms with E-state index in [4.69, 9.17) is 10.5 Å². The molecule has 2 rings (SSSR count). The van der Waals surface area contributed by atoms with Gasteiger partial charge < -0.3 is 15.4 Å². The average Bonchev–Trinajstić information content (AvgIpc) is 2.53. The van der Waals surface area contributed by atoms with Crippen LogP contribution in [0, 0.1) is 0 Å². The smallest absolute Gasteiger partial charge is 0.123 e. The van der Waals surface area contributed by atoms with Gasteiger partial charge in [-0.1, -0.05) is 30.3 Å². The van der Waals surface area contributed by atoms with E-state index in [2.05, 4.69) is 42.2 Å². The van der Waals surface area contributed by atoms with Crippen molar-refractivity contribution in [2.45, 2.75) is 20.0 Å². The molecule has 0 aliphatic carbocycles. The summed E-state index contributed by atoms with van der Waals surface area (Å²) < 4.78 is 5.42. The zero-order chi connectivity index (χ0) is 14.4. The van der Waals surface area contributed by atoms with Crippen molar-refractivity contribution < 1.29 is 4.74 Å². The van der Waals surface area contributed by atoms with Crippen molar-refractivity contribution in [3.05, 3.63) is 59.7 Å². The Hall–Kier alpha value is -2.00. The zero-order valence-corrected chi connectivity index (χ0v) is 12.2. The molecule has 3 heteroatoms. The maximum Gasteiger partial charge on any atom is 0.123 e. The molecule has 2 aromatic carbocycles. The van der Waals surface area contributed by atoms with Crippen molar-refractivity contribution in [2.24, 2.45) is 5.73 Å². The summed E-state index contributed by atoms with van der Waals surface area (Å²) in [7, 11) is 1.71. The van der Waals surface area contributed by atoms with Crippen LogP contribution in [-0.4, -0.2) is 13.7 Å². The number of methoxy groups -OCH3 is 1. The van der Waals surface area contributed by atoms with E-state index in [0.29, 0.717) is 6.54 Å². The van der Waals surface area contributed by atoms with Crippen molar-refractivity contribution in [1.29, 1.82) is 0 Å². The summed E-state index contributed by atoms with van der Waals surface area (Å²) in [5, 5.41) is 0. The highest BCUT2D eigenvalue weighted by Gasteiger charge is 2.08. The molecule has 0 spiro atoms. The third kappa shape index (κ3) is 3.31. The molecule has 3 nitrogen and oxygen atoms in total. The molecule has 0 aliphatic heterocycles. The molecule has 0 atom stereocenters. The minimum atomic E-state index is 0.582. The maximum absolute atomic E-state index is 5.64. The fourth-order valence-electron chi connectivity index (χ4n) is 2.27. The van der Waals surface area contributed by atoms with Crippen LogP contribution in [0.2, 0.25) is 0 Å². The summed E-state index contributed by atoms with van der Waals surface area (Å²) in [6.07, 6.45) is 0. The lowest BCUT2D eigenvalue weighted by Crippen LogP contribution is -2.22. The van der Waals surface area contributed by atoms with Gasteiger partial charge >= 0.3 is 0 Å². The lowest BCUT2D eigenvalue weighted by Gasteiger charge is -2.24. The molecule has 2 aromatic rings. The van der Waals surface area contributed by atoms with Crippen LogP contribution in [0.1, 0.15) is 18.1 Å². The van der Waals surface area contributed by atoms with E-state index in [0.717, 1.165) is 24.4 Å². The molecule has 0 aliphatic rings. The quantitative estimate of drug-likeness (QED) is 0.876. The Morgan fingerprint density at radius 3 is 2.35 bits per heavy atom. The molecule has 0 saturated heterocycles. The monoisotopic (exact) mass is 270 g/mol. The molecule has 0 unspecified atom stereocenters. The van der Waals surface area contributed by atoms with Crippen LogP contribution < -0.4 is 15.4 Å². The third-order valence-corrected chi connectivity index (χ3v) is 3.47. The molecule has 2 N–H and O–H groups in total. The number of ether oxygens (including phenoxy) is 1. The van der Waals surface area contributed by atoms with Gasteiger partial charge in [-0.25, -0.2) is 0 Å². The van der Waals surface area contributed by atoms with Gasteiger partial charge in [0, 0.05) is 30.9 Å². The summed E-state index contributed by atoms with van der Waals surface area (Å²) in [4.78, 5) is 2.32. The average molecular weight is 270 g/mol. The Bertz CT molecular complexity index is 537. The van der Waals surface area contributed by atoms with Crippen molar-refractivity contribution in [2.75, 3.05) is 18.6 Å². The normalized spacial score (nSPS) is 10.3. The number of nitrogens with zero attached hydrogens (tertiary/aromatic N) is 1. The van der Waals surface area contributed by atoms with E-state index >= 15 is 0 Å². The lowest BCUT2D eigenvalue weighted by atomic mass is 10.1. The summed E-state index contributed by atoms with van der Waals surface area (Å²) in [6.45, 7) is 4.52. The molecule has 0 radical (unpaired) electrons. The minimum Gasteiger partial charge on any atom is -0.496 e. The lowest BCUT2D eigenvalue weighted by molar-refractivity contribution is 0.409. The minimum absolute atomic E-state index is 0.582. The molecule has 0 bridgehead atoms. The molecule has 0 fully saturated rings. The Kier molecular flexibility index (Phi) is 5.02. The van der Waals surface area contributed by atoms with E-state index in [1.807, 2.05) is 18.2 Å². The number of rotatable bonds is 6. The number of nitrogens with two attached hydrogens (primary N) is 1. The summed E-state index contributed by atoms with van der Waals surface area (Å²) in [5.41, 5.74) is 9.19. The molecular weight excluding hydrogens is 248 g/mol. The van der Waals surface area contributed by atoms with Gasteiger partial charge in [-0.15, -0.1) is 0 Å². The van der Waals surface area contributed by atoms with Gasteiger partial charge in [-0.3, -0.25) is 0 Å². The largest absolute Gasteiger partial charge is 0.496 e. The number of hydrogen-bond donors (Lipinski definition) is 1. The first-order valence-electron chi connectivity index (χ1n) is 6.94. The Morgan fingerprint density at radius 1 is 1.05 bits per heavy atom. The van der Waals surface area contributed by atoms with Gasteiger partial charge in [0.05, 0.1) is 7.11 Å². The summed E-state index contributed by atoms with van der Waals surface area (Å²) in [5.74, 6) is 0.935. The van der Waals surface area contributed by atoms with Crippen molar-refractivity contribution in [3.8, 4) is 5.75 Å². The standard InChI is InChI=1S/C17H22N2O/c1-3-19(16-10-8-14(12-18)9-11-16)13-15-6-4-5-7-17(15)20-2/h4-11H,3,12-13,18H2,1-2H3. The Balaban J connectivity index is 2.19. The highest BCUT2D eigenvalue weighted by molar-refractivity contribution is 5.49. The number of hydrogen-bond acceptors (Lipinski definition) is 3. The molecule has 0 amide bonds. The second-order valence-electron chi connectivity index (χ2n) is 4.70. The van der Waals surface area contributed by atoms with Crippen LogP contribution in [0.4, 0.5) is 5.69 Å². The van der Waals surface area contributed by atoms with Gasteiger partial charge in [-0.05, 0) is 30.7 Å². The zero-order valence-electron chi connectivity index (χ0n) is 12.2. The molecule has 0 aromatic heterocycles. The molecule has 20 heavy (non-hydrogen) atoms. The van der Waals surface area contributed by atoms with Gasteiger partial charge in [-0.2, -0.15) is 0 Å². The van der Waals surface area contributed by atoms with Gasteiger partial charge in [0.1, 0.15) is 5.75 Å². The first-order chi connectivity index (χ1) is 9.78. The molecule has 0 heterocycles. The van der Waals surface area contributed by atoms with Crippen LogP contribution in [0.15, 0.2) is 48.5 Å². The van der Waals surface area contributed by atoms with Gasteiger partial charge in [0.2, 0.25) is 0 Å². The van der Waals surface area contributed by atoms with Crippen molar-refractivity contribution in [3.63, 3.8) is 0 Å². The highest BCUT2D eigenvalue weighted by atomic mass is 16.5. The topological polar surface area (TPSA) is 38.5 Å². The van der Waals surface area contributed by atoms with Gasteiger partial charge in [0.25, 0.3) is 0 Å². The maximum atomic E-state index is 5.64. The third-order valence-electron chi connectivity index (χ3n) is 3.47. The first-order valence-corrected chi connectivity index (χ1v) is 6.94. The number of anilines is 1. The second kappa shape index (κ2) is 6.96. The SMILES string of the molecule is CCN(Cc1ccccc1OC)c1ccc(CN)cc1.